The van der Waals surface area contributed by atoms with Gasteiger partial charge in [0, 0.05) is 6.54 Å². The van der Waals surface area contributed by atoms with E-state index in [1.54, 1.807) is 24.3 Å². The van der Waals surface area contributed by atoms with Crippen LogP contribution in [0, 0.1) is 17.8 Å². The first kappa shape index (κ1) is 18.2. The van der Waals surface area contributed by atoms with Gasteiger partial charge in [0.1, 0.15) is 5.75 Å². The number of ether oxygens (including phenoxy) is 2. The Labute approximate surface area is 161 Å². The first-order valence-corrected chi connectivity index (χ1v) is 9.22. The van der Waals surface area contributed by atoms with E-state index in [0.29, 0.717) is 35.6 Å². The number of esters is 1. The van der Waals surface area contributed by atoms with Crippen LogP contribution in [-0.2, 0) is 11.3 Å². The number of methoxy groups -OCH3 is 1. The molecule has 2 aliphatic carbocycles. The van der Waals surface area contributed by atoms with Gasteiger partial charge in [0.15, 0.2) is 6.61 Å². The third-order valence-electron chi connectivity index (χ3n) is 5.25. The summed E-state index contributed by atoms with van der Waals surface area (Å²) < 4.78 is 15.2. The van der Waals surface area contributed by atoms with Crippen LogP contribution in [-0.4, -0.2) is 35.7 Å². The minimum Gasteiger partial charge on any atom is -0.485 e. The van der Waals surface area contributed by atoms with Crippen molar-refractivity contribution in [2.45, 2.75) is 19.4 Å². The summed E-state index contributed by atoms with van der Waals surface area (Å²) in [6, 6.07) is 6.48. The van der Waals surface area contributed by atoms with Gasteiger partial charge in [0.05, 0.1) is 12.7 Å². The standard InChI is InChI=1S/C20H21N3O5/c1-26-20(25)13-4-6-16(7-5-13)27-11-17-22-19(28-23-17)18(24)21-10-15-9-12-2-3-14(15)8-12/h2-7,12,14-15H,8-11H2,1H3,(H,21,24)/t12-,14+,15-/m1/s1. The number of carbonyl (C=O) groups is 2. The Bertz CT molecular complexity index is 890. The number of nitrogens with one attached hydrogen (secondary N) is 1. The van der Waals surface area contributed by atoms with E-state index in [4.69, 9.17) is 9.26 Å². The van der Waals surface area contributed by atoms with Crippen molar-refractivity contribution in [2.75, 3.05) is 13.7 Å². The number of hydrogen-bond donors (Lipinski definition) is 1. The molecule has 2 aliphatic rings. The van der Waals surface area contributed by atoms with Crippen molar-refractivity contribution in [3.05, 3.63) is 53.7 Å². The lowest BCUT2D eigenvalue weighted by atomic mass is 9.94. The topological polar surface area (TPSA) is 104 Å². The monoisotopic (exact) mass is 383 g/mol. The summed E-state index contributed by atoms with van der Waals surface area (Å²) in [7, 11) is 1.32. The summed E-state index contributed by atoms with van der Waals surface area (Å²) in [4.78, 5) is 27.7. The van der Waals surface area contributed by atoms with Crippen LogP contribution in [0.15, 0.2) is 40.9 Å². The lowest BCUT2D eigenvalue weighted by Crippen LogP contribution is -2.31. The molecule has 0 saturated heterocycles. The van der Waals surface area contributed by atoms with E-state index in [2.05, 4.69) is 32.3 Å². The van der Waals surface area contributed by atoms with Gasteiger partial charge < -0.3 is 19.3 Å². The average Bonchev–Trinajstić information content (AvgIpc) is 3.47. The van der Waals surface area contributed by atoms with Crippen LogP contribution in [0.4, 0.5) is 0 Å². The molecule has 1 fully saturated rings. The Morgan fingerprint density at radius 2 is 2.04 bits per heavy atom. The van der Waals surface area contributed by atoms with Gasteiger partial charge in [0.2, 0.25) is 5.82 Å². The fourth-order valence-corrected chi connectivity index (χ4v) is 3.79. The molecule has 1 aromatic carbocycles. The molecule has 8 nitrogen and oxygen atoms in total. The minimum absolute atomic E-state index is 0.0471. The number of fused-ring (bicyclic) bond motifs is 2. The average molecular weight is 383 g/mol. The highest BCUT2D eigenvalue weighted by Crippen LogP contribution is 2.42. The van der Waals surface area contributed by atoms with Gasteiger partial charge in [-0.05, 0) is 54.9 Å². The number of aromatic nitrogens is 2. The van der Waals surface area contributed by atoms with Crippen molar-refractivity contribution in [1.82, 2.24) is 15.5 Å². The fourth-order valence-electron chi connectivity index (χ4n) is 3.79. The highest BCUT2D eigenvalue weighted by atomic mass is 16.5. The molecule has 28 heavy (non-hydrogen) atoms. The van der Waals surface area contributed by atoms with Crippen molar-refractivity contribution in [3.63, 3.8) is 0 Å². The largest absolute Gasteiger partial charge is 0.485 e. The number of hydrogen-bond acceptors (Lipinski definition) is 7. The number of benzene rings is 1. The summed E-state index contributed by atoms with van der Waals surface area (Å²) in [6.07, 6.45) is 6.85. The van der Waals surface area contributed by atoms with Gasteiger partial charge in [-0.2, -0.15) is 4.98 Å². The van der Waals surface area contributed by atoms with E-state index in [1.165, 1.54) is 13.5 Å². The molecule has 1 amide bonds. The normalized spacial score (nSPS) is 22.2. The number of nitrogens with zero attached hydrogens (tertiary/aromatic N) is 2. The van der Waals surface area contributed by atoms with Crippen molar-refractivity contribution in [2.24, 2.45) is 17.8 Å². The van der Waals surface area contributed by atoms with Crippen LogP contribution in [0.5, 0.6) is 5.75 Å². The maximum Gasteiger partial charge on any atom is 0.337 e. The first-order chi connectivity index (χ1) is 13.6. The van der Waals surface area contributed by atoms with Gasteiger partial charge >= 0.3 is 17.8 Å². The molecule has 4 rings (SSSR count). The van der Waals surface area contributed by atoms with E-state index in [0.717, 1.165) is 6.42 Å². The third-order valence-corrected chi connectivity index (χ3v) is 5.25. The van der Waals surface area contributed by atoms with E-state index < -0.39 is 5.97 Å². The summed E-state index contributed by atoms with van der Waals surface area (Å²) in [6.45, 7) is 0.663. The Morgan fingerprint density at radius 3 is 2.71 bits per heavy atom. The molecule has 3 atom stereocenters. The molecule has 1 aromatic heterocycles. The molecule has 1 saturated carbocycles. The van der Waals surface area contributed by atoms with Crippen molar-refractivity contribution < 1.29 is 23.6 Å². The molecule has 0 unspecified atom stereocenters. The number of amides is 1. The third kappa shape index (κ3) is 3.90. The predicted molar refractivity (Wildman–Crippen MR) is 97.6 cm³/mol. The Balaban J connectivity index is 1.26. The van der Waals surface area contributed by atoms with E-state index in [-0.39, 0.29) is 24.2 Å². The fraction of sp³-hybridized carbons (Fsp3) is 0.400. The molecule has 0 radical (unpaired) electrons. The van der Waals surface area contributed by atoms with Crippen LogP contribution >= 0.6 is 0 Å². The second-order valence-corrected chi connectivity index (χ2v) is 7.07. The quantitative estimate of drug-likeness (QED) is 0.578. The number of carbonyl (C=O) groups excluding carboxylic acids is 2. The molecule has 0 aliphatic heterocycles. The van der Waals surface area contributed by atoms with Crippen molar-refractivity contribution in [3.8, 4) is 5.75 Å². The molecule has 8 heteroatoms. The second-order valence-electron chi connectivity index (χ2n) is 7.07. The van der Waals surface area contributed by atoms with Crippen LogP contribution in [0.25, 0.3) is 0 Å². The highest BCUT2D eigenvalue weighted by molar-refractivity contribution is 5.89. The summed E-state index contributed by atoms with van der Waals surface area (Å²) in [5.74, 6) is 1.67. The highest BCUT2D eigenvalue weighted by Gasteiger charge is 2.35. The van der Waals surface area contributed by atoms with E-state index in [9.17, 15) is 9.59 Å². The molecule has 0 spiro atoms. The van der Waals surface area contributed by atoms with Crippen LogP contribution in [0.1, 0.15) is 39.7 Å². The van der Waals surface area contributed by atoms with Gasteiger partial charge in [-0.25, -0.2) is 4.79 Å². The summed E-state index contributed by atoms with van der Waals surface area (Å²) in [5.41, 5.74) is 0.430. The SMILES string of the molecule is COC(=O)c1ccc(OCc2noc(C(=O)NC[C@H]3C[C@@H]4C=C[C@H]3C4)n2)cc1. The van der Waals surface area contributed by atoms with Gasteiger partial charge in [-0.1, -0.05) is 17.3 Å². The molecule has 2 bridgehead atoms. The zero-order valence-electron chi connectivity index (χ0n) is 15.5. The minimum atomic E-state index is -0.415. The second kappa shape index (κ2) is 7.84. The van der Waals surface area contributed by atoms with E-state index >= 15 is 0 Å². The van der Waals surface area contributed by atoms with Gasteiger partial charge in [-0.3, -0.25) is 4.79 Å². The van der Waals surface area contributed by atoms with Crippen LogP contribution < -0.4 is 10.1 Å². The molecular formula is C20H21N3O5. The zero-order chi connectivity index (χ0) is 19.5. The van der Waals surface area contributed by atoms with Gasteiger partial charge in [-0.15, -0.1) is 0 Å². The Kier molecular flexibility index (Phi) is 5.10. The molecule has 1 N–H and O–H groups in total. The smallest absolute Gasteiger partial charge is 0.337 e. The molecule has 1 heterocycles. The first-order valence-electron chi connectivity index (χ1n) is 9.22. The number of allylic oxidation sites excluding steroid dienone is 2. The van der Waals surface area contributed by atoms with E-state index in [1.807, 2.05) is 0 Å². The summed E-state index contributed by atoms with van der Waals surface area (Å²) >= 11 is 0. The maximum atomic E-state index is 12.2. The Hall–Kier alpha value is -3.16. The van der Waals surface area contributed by atoms with Gasteiger partial charge in [0.25, 0.3) is 0 Å². The number of rotatable bonds is 7. The van der Waals surface area contributed by atoms with Crippen LogP contribution in [0.2, 0.25) is 0 Å². The summed E-state index contributed by atoms with van der Waals surface area (Å²) in [5, 5.41) is 6.65. The zero-order valence-corrected chi connectivity index (χ0v) is 15.5. The van der Waals surface area contributed by atoms with Crippen molar-refractivity contribution >= 4 is 11.9 Å². The lowest BCUT2D eigenvalue weighted by Gasteiger charge is -2.17. The molecule has 2 aromatic rings. The maximum absolute atomic E-state index is 12.2. The molecular weight excluding hydrogens is 362 g/mol. The van der Waals surface area contributed by atoms with Crippen molar-refractivity contribution in [1.29, 1.82) is 0 Å². The predicted octanol–water partition coefficient (Wildman–Crippen LogP) is 2.38. The van der Waals surface area contributed by atoms with Crippen LogP contribution in [0.3, 0.4) is 0 Å². The Morgan fingerprint density at radius 1 is 1.21 bits per heavy atom. The lowest BCUT2D eigenvalue weighted by molar-refractivity contribution is 0.0600. The molecule has 146 valence electrons.